The van der Waals surface area contributed by atoms with Crippen LogP contribution in [-0.4, -0.2) is 21.3 Å². The zero-order valence-corrected chi connectivity index (χ0v) is 9.34. The first-order chi connectivity index (χ1) is 7.78. The summed E-state index contributed by atoms with van der Waals surface area (Å²) in [6, 6.07) is 3.67. The van der Waals surface area contributed by atoms with Crippen LogP contribution in [0.2, 0.25) is 0 Å². The molecule has 0 fully saturated rings. The molecule has 5 nitrogen and oxygen atoms in total. The molecule has 0 saturated carbocycles. The number of hydrogen-bond acceptors (Lipinski definition) is 4. The second-order valence-electron chi connectivity index (χ2n) is 3.36. The molecule has 0 spiro atoms. The molecule has 16 heavy (non-hydrogen) atoms. The minimum Gasteiger partial charge on any atom is -0.454 e. The van der Waals surface area contributed by atoms with Crippen LogP contribution in [0.15, 0.2) is 30.7 Å². The van der Waals surface area contributed by atoms with Crippen molar-refractivity contribution in [2.45, 2.75) is 6.92 Å². The number of pyridine rings is 1. The summed E-state index contributed by atoms with van der Waals surface area (Å²) in [6.07, 6.45) is 5.20. The largest absolute Gasteiger partial charge is 0.454 e. The van der Waals surface area contributed by atoms with Crippen LogP contribution in [0.25, 0.3) is 0 Å². The first kappa shape index (κ1) is 10.5. The Kier molecular flexibility index (Phi) is 3.05. The van der Waals surface area contributed by atoms with E-state index in [0.29, 0.717) is 0 Å². The fourth-order valence-corrected chi connectivity index (χ4v) is 1.34. The number of hydrogen-bond donors (Lipinski definition) is 1. The van der Waals surface area contributed by atoms with Gasteiger partial charge in [-0.3, -0.25) is 4.68 Å². The summed E-state index contributed by atoms with van der Waals surface area (Å²) < 4.78 is 7.32. The average molecular weight is 218 g/mol. The van der Waals surface area contributed by atoms with E-state index in [2.05, 4.69) is 15.4 Å². The SMILES string of the molecule is CCNc1cc(Oc2cnn(C)c2)ccn1. The van der Waals surface area contributed by atoms with Crippen molar-refractivity contribution in [1.82, 2.24) is 14.8 Å². The van der Waals surface area contributed by atoms with Gasteiger partial charge >= 0.3 is 0 Å². The maximum atomic E-state index is 5.62. The monoisotopic (exact) mass is 218 g/mol. The van der Waals surface area contributed by atoms with Crippen LogP contribution in [0.3, 0.4) is 0 Å². The van der Waals surface area contributed by atoms with Gasteiger partial charge in [-0.1, -0.05) is 0 Å². The molecule has 0 bridgehead atoms. The van der Waals surface area contributed by atoms with E-state index in [1.807, 2.05) is 32.3 Å². The molecular formula is C11H14N4O. The number of nitrogens with one attached hydrogen (secondary N) is 1. The van der Waals surface area contributed by atoms with E-state index >= 15 is 0 Å². The summed E-state index contributed by atoms with van der Waals surface area (Å²) in [5, 5.41) is 7.16. The topological polar surface area (TPSA) is 52.0 Å². The van der Waals surface area contributed by atoms with Gasteiger partial charge in [0, 0.05) is 25.9 Å². The lowest BCUT2D eigenvalue weighted by atomic mass is 10.4. The zero-order chi connectivity index (χ0) is 11.4. The number of ether oxygens (including phenoxy) is 1. The predicted molar refractivity (Wildman–Crippen MR) is 61.7 cm³/mol. The molecule has 2 rings (SSSR count). The highest BCUT2D eigenvalue weighted by Crippen LogP contribution is 2.21. The second-order valence-corrected chi connectivity index (χ2v) is 3.36. The Hall–Kier alpha value is -2.04. The Morgan fingerprint density at radius 1 is 1.44 bits per heavy atom. The molecule has 0 radical (unpaired) electrons. The molecule has 0 atom stereocenters. The third kappa shape index (κ3) is 2.50. The van der Waals surface area contributed by atoms with Crippen molar-refractivity contribution in [3.8, 4) is 11.5 Å². The summed E-state index contributed by atoms with van der Waals surface area (Å²) >= 11 is 0. The number of nitrogens with zero attached hydrogens (tertiary/aromatic N) is 3. The van der Waals surface area contributed by atoms with Crippen LogP contribution in [0.5, 0.6) is 11.5 Å². The van der Waals surface area contributed by atoms with Crippen molar-refractivity contribution in [1.29, 1.82) is 0 Å². The van der Waals surface area contributed by atoms with Crippen molar-refractivity contribution in [2.24, 2.45) is 7.05 Å². The summed E-state index contributed by atoms with van der Waals surface area (Å²) in [5.74, 6) is 2.28. The van der Waals surface area contributed by atoms with Crippen molar-refractivity contribution >= 4 is 5.82 Å². The van der Waals surface area contributed by atoms with Gasteiger partial charge in [-0.25, -0.2) is 4.98 Å². The van der Waals surface area contributed by atoms with E-state index in [1.54, 1.807) is 17.1 Å². The fraction of sp³-hybridized carbons (Fsp3) is 0.273. The molecule has 0 aromatic carbocycles. The Bertz CT molecular complexity index is 467. The standard InChI is InChI=1S/C11H14N4O/c1-3-12-11-6-9(4-5-13-11)16-10-7-14-15(2)8-10/h4-8H,3H2,1-2H3,(H,12,13). The Morgan fingerprint density at radius 3 is 3.00 bits per heavy atom. The molecular weight excluding hydrogens is 204 g/mol. The summed E-state index contributed by atoms with van der Waals surface area (Å²) in [7, 11) is 1.85. The highest BCUT2D eigenvalue weighted by Gasteiger charge is 2.01. The van der Waals surface area contributed by atoms with Crippen LogP contribution < -0.4 is 10.1 Å². The van der Waals surface area contributed by atoms with Gasteiger partial charge < -0.3 is 10.1 Å². The van der Waals surface area contributed by atoms with E-state index < -0.39 is 0 Å². The molecule has 2 aromatic heterocycles. The Labute approximate surface area is 94.1 Å². The molecule has 0 saturated heterocycles. The lowest BCUT2D eigenvalue weighted by Gasteiger charge is -2.05. The highest BCUT2D eigenvalue weighted by molar-refractivity contribution is 5.41. The summed E-state index contributed by atoms with van der Waals surface area (Å²) in [6.45, 7) is 2.86. The molecule has 0 aliphatic rings. The zero-order valence-electron chi connectivity index (χ0n) is 9.34. The maximum absolute atomic E-state index is 5.62. The van der Waals surface area contributed by atoms with Crippen molar-refractivity contribution < 1.29 is 4.74 Å². The Balaban J connectivity index is 2.12. The van der Waals surface area contributed by atoms with E-state index in [1.165, 1.54) is 0 Å². The molecule has 0 aliphatic carbocycles. The molecule has 84 valence electrons. The molecule has 1 N–H and O–H groups in total. The summed E-state index contributed by atoms with van der Waals surface area (Å²) in [5.41, 5.74) is 0. The third-order valence-corrected chi connectivity index (χ3v) is 2.01. The third-order valence-electron chi connectivity index (χ3n) is 2.01. The first-order valence-corrected chi connectivity index (χ1v) is 5.14. The van der Waals surface area contributed by atoms with Gasteiger partial charge in [0.25, 0.3) is 0 Å². The van der Waals surface area contributed by atoms with Crippen LogP contribution in [0.1, 0.15) is 6.92 Å². The van der Waals surface area contributed by atoms with Crippen LogP contribution in [-0.2, 0) is 7.05 Å². The van der Waals surface area contributed by atoms with E-state index in [0.717, 1.165) is 23.9 Å². The minimum absolute atomic E-state index is 0.719. The van der Waals surface area contributed by atoms with Crippen LogP contribution in [0, 0.1) is 0 Å². The Morgan fingerprint density at radius 2 is 2.31 bits per heavy atom. The van der Waals surface area contributed by atoms with Gasteiger partial charge in [0.2, 0.25) is 0 Å². The molecule has 0 unspecified atom stereocenters. The second kappa shape index (κ2) is 4.65. The van der Waals surface area contributed by atoms with Gasteiger partial charge in [-0.15, -0.1) is 0 Å². The van der Waals surface area contributed by atoms with Gasteiger partial charge in [0.1, 0.15) is 11.6 Å². The van der Waals surface area contributed by atoms with Gasteiger partial charge in [-0.05, 0) is 13.0 Å². The molecule has 5 heteroatoms. The number of aromatic nitrogens is 3. The quantitative estimate of drug-likeness (QED) is 0.853. The van der Waals surface area contributed by atoms with E-state index in [9.17, 15) is 0 Å². The van der Waals surface area contributed by atoms with Crippen molar-refractivity contribution in [3.63, 3.8) is 0 Å². The van der Waals surface area contributed by atoms with Gasteiger partial charge in [0.15, 0.2) is 5.75 Å². The number of anilines is 1. The first-order valence-electron chi connectivity index (χ1n) is 5.14. The average Bonchev–Trinajstić information content (AvgIpc) is 2.65. The van der Waals surface area contributed by atoms with Gasteiger partial charge in [-0.2, -0.15) is 5.10 Å². The summed E-state index contributed by atoms with van der Waals surface area (Å²) in [4.78, 5) is 4.16. The number of aryl methyl sites for hydroxylation is 1. The van der Waals surface area contributed by atoms with Crippen LogP contribution >= 0.6 is 0 Å². The maximum Gasteiger partial charge on any atom is 0.165 e. The van der Waals surface area contributed by atoms with Crippen molar-refractivity contribution in [3.05, 3.63) is 30.7 Å². The molecule has 0 aliphatic heterocycles. The van der Waals surface area contributed by atoms with Gasteiger partial charge in [0.05, 0.1) is 12.4 Å². The minimum atomic E-state index is 0.719. The van der Waals surface area contributed by atoms with E-state index in [-0.39, 0.29) is 0 Å². The lowest BCUT2D eigenvalue weighted by molar-refractivity contribution is 0.481. The lowest BCUT2D eigenvalue weighted by Crippen LogP contribution is -1.98. The van der Waals surface area contributed by atoms with E-state index in [4.69, 9.17) is 4.74 Å². The van der Waals surface area contributed by atoms with Crippen molar-refractivity contribution in [2.75, 3.05) is 11.9 Å². The van der Waals surface area contributed by atoms with Crippen LogP contribution in [0.4, 0.5) is 5.82 Å². The molecule has 2 aromatic rings. The predicted octanol–water partition coefficient (Wildman–Crippen LogP) is 2.04. The molecule has 0 amide bonds. The smallest absolute Gasteiger partial charge is 0.165 e. The molecule has 2 heterocycles. The fourth-order valence-electron chi connectivity index (χ4n) is 1.34. The normalized spacial score (nSPS) is 10.1. The number of rotatable bonds is 4. The highest BCUT2D eigenvalue weighted by atomic mass is 16.5.